The summed E-state index contributed by atoms with van der Waals surface area (Å²) in [6.45, 7) is 1.74. The van der Waals surface area contributed by atoms with Gasteiger partial charge in [-0.05, 0) is 43.0 Å². The van der Waals surface area contributed by atoms with Crippen LogP contribution in [-0.4, -0.2) is 47.1 Å². The Morgan fingerprint density at radius 3 is 2.26 bits per heavy atom. The lowest BCUT2D eigenvalue weighted by Crippen LogP contribution is -2.51. The van der Waals surface area contributed by atoms with Gasteiger partial charge in [-0.25, -0.2) is 17.8 Å². The van der Waals surface area contributed by atoms with Gasteiger partial charge in [0.25, 0.3) is 11.3 Å². The average molecular weight is 561 g/mol. The van der Waals surface area contributed by atoms with E-state index in [0.717, 1.165) is 29.3 Å². The Balaban J connectivity index is 1.99. The predicted molar refractivity (Wildman–Crippen MR) is 131 cm³/mol. The molecule has 2 aromatic rings. The van der Waals surface area contributed by atoms with Crippen molar-refractivity contribution < 1.29 is 35.6 Å². The first kappa shape index (κ1) is 29.3. The minimum atomic E-state index is -5.20. The average Bonchev–Trinajstić information content (AvgIpc) is 2.85. The third kappa shape index (κ3) is 6.97. The fraction of sp³-hybridized carbons (Fsp3) is 0.500. The Morgan fingerprint density at radius 2 is 1.71 bits per heavy atom. The van der Waals surface area contributed by atoms with E-state index in [-0.39, 0.29) is 11.4 Å². The van der Waals surface area contributed by atoms with Gasteiger partial charge in [0.1, 0.15) is 23.9 Å². The van der Waals surface area contributed by atoms with Crippen molar-refractivity contribution in [3.8, 4) is 11.4 Å². The van der Waals surface area contributed by atoms with Crippen molar-refractivity contribution in [3.05, 3.63) is 46.6 Å². The summed E-state index contributed by atoms with van der Waals surface area (Å²) in [7, 11) is -3.97. The molecule has 0 aliphatic heterocycles. The third-order valence-corrected chi connectivity index (χ3v) is 8.09. The molecule has 1 unspecified atom stereocenters. The standard InChI is InChI=1S/C24H28F4N4O5S/c1-14(2)20(21(34)24(26,27)28)30-19(33)13-32-22(15-8-10-16(25)11-9-15)29-12-18(23(32)35)31-38(36,37)17-6-4-3-5-7-17/h8-12,14,17,20,31H,3-7,13H2,1-2H3,(H,30,33). The molecule has 1 aliphatic carbocycles. The number of hydrogen-bond donors (Lipinski definition) is 2. The second-order valence-corrected chi connectivity index (χ2v) is 11.4. The van der Waals surface area contributed by atoms with Crippen LogP contribution in [0.2, 0.25) is 0 Å². The normalized spacial score (nSPS) is 15.8. The molecule has 38 heavy (non-hydrogen) atoms. The maximum Gasteiger partial charge on any atom is 0.452 e. The number of amides is 1. The van der Waals surface area contributed by atoms with E-state index < -0.39 is 68.7 Å². The van der Waals surface area contributed by atoms with Crippen molar-refractivity contribution in [3.63, 3.8) is 0 Å². The lowest BCUT2D eigenvalue weighted by molar-refractivity contribution is -0.174. The summed E-state index contributed by atoms with van der Waals surface area (Å²) in [5, 5.41) is 1.29. The largest absolute Gasteiger partial charge is 0.452 e. The molecule has 0 radical (unpaired) electrons. The number of ketones is 1. The molecule has 1 heterocycles. The highest BCUT2D eigenvalue weighted by atomic mass is 32.2. The zero-order valence-corrected chi connectivity index (χ0v) is 21.5. The zero-order chi connectivity index (χ0) is 28.3. The number of benzene rings is 1. The summed E-state index contributed by atoms with van der Waals surface area (Å²) in [5.41, 5.74) is -1.26. The van der Waals surface area contributed by atoms with Gasteiger partial charge in [0, 0.05) is 5.56 Å². The highest BCUT2D eigenvalue weighted by molar-refractivity contribution is 7.93. The summed E-state index contributed by atoms with van der Waals surface area (Å²) in [4.78, 5) is 42.0. The van der Waals surface area contributed by atoms with Crippen LogP contribution < -0.4 is 15.6 Å². The number of halogens is 4. The van der Waals surface area contributed by atoms with Crippen LogP contribution in [0, 0.1) is 11.7 Å². The number of alkyl halides is 3. The topological polar surface area (TPSA) is 127 Å². The van der Waals surface area contributed by atoms with Crippen LogP contribution in [-0.2, 0) is 26.2 Å². The van der Waals surface area contributed by atoms with E-state index in [9.17, 15) is 40.4 Å². The Kier molecular flexibility index (Phi) is 8.95. The highest BCUT2D eigenvalue weighted by Crippen LogP contribution is 2.25. The van der Waals surface area contributed by atoms with Crippen LogP contribution in [0.1, 0.15) is 46.0 Å². The second-order valence-electron chi connectivity index (χ2n) is 9.45. The molecule has 208 valence electrons. The van der Waals surface area contributed by atoms with E-state index >= 15 is 0 Å². The molecule has 1 aromatic carbocycles. The first-order valence-electron chi connectivity index (χ1n) is 12.0. The number of nitrogens with zero attached hydrogens (tertiary/aromatic N) is 2. The van der Waals surface area contributed by atoms with Gasteiger partial charge in [0.05, 0.1) is 17.5 Å². The number of sulfonamides is 1. The summed E-state index contributed by atoms with van der Waals surface area (Å²) in [6, 6.07) is 2.77. The smallest absolute Gasteiger partial charge is 0.344 e. The first-order chi connectivity index (χ1) is 17.7. The van der Waals surface area contributed by atoms with Gasteiger partial charge < -0.3 is 5.32 Å². The lowest BCUT2D eigenvalue weighted by atomic mass is 9.99. The molecule has 0 saturated heterocycles. The molecule has 1 saturated carbocycles. The number of rotatable bonds is 9. The quantitative estimate of drug-likeness (QED) is 0.453. The summed E-state index contributed by atoms with van der Waals surface area (Å²) < 4.78 is 81.3. The maximum absolute atomic E-state index is 13.5. The summed E-state index contributed by atoms with van der Waals surface area (Å²) >= 11 is 0. The van der Waals surface area contributed by atoms with Crippen LogP contribution in [0.15, 0.2) is 35.3 Å². The number of carbonyl (C=O) groups excluding carboxylic acids is 2. The van der Waals surface area contributed by atoms with Gasteiger partial charge in [-0.3, -0.25) is 23.7 Å². The Morgan fingerprint density at radius 1 is 1.11 bits per heavy atom. The van der Waals surface area contributed by atoms with Crippen molar-refractivity contribution in [2.75, 3.05) is 4.72 Å². The van der Waals surface area contributed by atoms with Crippen LogP contribution in [0.5, 0.6) is 0 Å². The van der Waals surface area contributed by atoms with E-state index in [1.165, 1.54) is 26.0 Å². The highest BCUT2D eigenvalue weighted by Gasteiger charge is 2.45. The van der Waals surface area contributed by atoms with Gasteiger partial charge in [-0.1, -0.05) is 33.1 Å². The van der Waals surface area contributed by atoms with E-state index in [1.54, 1.807) is 0 Å². The number of aromatic nitrogens is 2. The zero-order valence-electron chi connectivity index (χ0n) is 20.7. The molecular formula is C24H28F4N4O5S. The van der Waals surface area contributed by atoms with Gasteiger partial charge in [-0.2, -0.15) is 13.2 Å². The van der Waals surface area contributed by atoms with E-state index in [1.807, 2.05) is 5.32 Å². The van der Waals surface area contributed by atoms with Gasteiger partial charge >= 0.3 is 6.18 Å². The Hall–Kier alpha value is -3.29. The first-order valence-corrected chi connectivity index (χ1v) is 13.5. The minimum Gasteiger partial charge on any atom is -0.344 e. The Labute approximate surface area is 216 Å². The van der Waals surface area contributed by atoms with E-state index in [0.29, 0.717) is 25.7 Å². The molecule has 1 fully saturated rings. The molecule has 9 nitrogen and oxygen atoms in total. The fourth-order valence-electron chi connectivity index (χ4n) is 4.22. The SMILES string of the molecule is CC(C)C(NC(=O)Cn1c(-c2ccc(F)cc2)ncc(NS(=O)(=O)C2CCCCC2)c1=O)C(=O)C(F)(F)F. The van der Waals surface area contributed by atoms with Crippen LogP contribution in [0.25, 0.3) is 11.4 Å². The van der Waals surface area contributed by atoms with Crippen LogP contribution in [0.4, 0.5) is 23.2 Å². The van der Waals surface area contributed by atoms with E-state index in [2.05, 4.69) is 9.71 Å². The number of anilines is 1. The molecule has 1 amide bonds. The second kappa shape index (κ2) is 11.6. The summed E-state index contributed by atoms with van der Waals surface area (Å²) in [5.74, 6) is -4.94. The van der Waals surface area contributed by atoms with Crippen molar-refractivity contribution in [1.82, 2.24) is 14.9 Å². The Bertz CT molecular complexity index is 1340. The number of Topliss-reactive ketones (excluding diaryl/α,β-unsaturated/α-hetero) is 1. The van der Waals surface area contributed by atoms with Gasteiger partial charge in [0.15, 0.2) is 0 Å². The predicted octanol–water partition coefficient (Wildman–Crippen LogP) is 3.40. The van der Waals surface area contributed by atoms with Gasteiger partial charge in [-0.15, -0.1) is 0 Å². The molecule has 14 heteroatoms. The van der Waals surface area contributed by atoms with Crippen molar-refractivity contribution in [2.45, 2.75) is 70.0 Å². The van der Waals surface area contributed by atoms with E-state index in [4.69, 9.17) is 0 Å². The molecule has 0 spiro atoms. The monoisotopic (exact) mass is 560 g/mol. The molecule has 1 aliphatic rings. The van der Waals surface area contributed by atoms with Crippen molar-refractivity contribution in [2.24, 2.45) is 5.92 Å². The molecule has 1 atom stereocenters. The van der Waals surface area contributed by atoms with Crippen molar-refractivity contribution >= 4 is 27.4 Å². The maximum atomic E-state index is 13.5. The van der Waals surface area contributed by atoms with Gasteiger partial charge in [0.2, 0.25) is 15.9 Å². The number of nitrogens with one attached hydrogen (secondary N) is 2. The minimum absolute atomic E-state index is 0.158. The van der Waals surface area contributed by atoms with Crippen LogP contribution >= 0.6 is 0 Å². The van der Waals surface area contributed by atoms with Crippen LogP contribution in [0.3, 0.4) is 0 Å². The molecule has 2 N–H and O–H groups in total. The molecule has 3 rings (SSSR count). The fourth-order valence-corrected chi connectivity index (χ4v) is 5.79. The molecule has 1 aromatic heterocycles. The third-order valence-electron chi connectivity index (χ3n) is 6.24. The molecular weight excluding hydrogens is 532 g/mol. The lowest BCUT2D eigenvalue weighted by Gasteiger charge is -2.23. The number of hydrogen-bond acceptors (Lipinski definition) is 6. The summed E-state index contributed by atoms with van der Waals surface area (Å²) in [6.07, 6.45) is -1.07. The van der Waals surface area contributed by atoms with Crippen molar-refractivity contribution in [1.29, 1.82) is 0 Å². The molecule has 0 bridgehead atoms. The number of carbonyl (C=O) groups is 2.